The molecule has 1 aliphatic carbocycles. The maximum absolute atomic E-state index is 6.48. The fraction of sp³-hybridized carbons (Fsp3) is 0.623. The molecule has 0 spiro atoms. The first-order valence-corrected chi connectivity index (χ1v) is 25.3. The van der Waals surface area contributed by atoms with E-state index >= 15 is 0 Å². The molecule has 358 valence electrons. The lowest BCUT2D eigenvalue weighted by molar-refractivity contribution is 0.191. The fourth-order valence-corrected chi connectivity index (χ4v) is 8.98. The van der Waals surface area contributed by atoms with Crippen molar-refractivity contribution < 1.29 is 0 Å². The summed E-state index contributed by atoms with van der Waals surface area (Å²) < 4.78 is 0. The van der Waals surface area contributed by atoms with E-state index in [4.69, 9.17) is 28.7 Å². The summed E-state index contributed by atoms with van der Waals surface area (Å²) >= 11 is 0. The molecule has 0 heterocycles. The zero-order valence-electron chi connectivity index (χ0n) is 40.1. The van der Waals surface area contributed by atoms with E-state index in [0.717, 1.165) is 130 Å². The van der Waals surface area contributed by atoms with E-state index in [9.17, 15) is 0 Å². The molecule has 0 bridgehead atoms. The largest absolute Gasteiger partial charge is 0.330 e. The zero-order chi connectivity index (χ0) is 45.5. The van der Waals surface area contributed by atoms with Crippen molar-refractivity contribution in [2.75, 3.05) is 72.0 Å². The van der Waals surface area contributed by atoms with E-state index in [-0.39, 0.29) is 5.41 Å². The maximum atomic E-state index is 6.48. The van der Waals surface area contributed by atoms with E-state index < -0.39 is 0 Å². The van der Waals surface area contributed by atoms with Crippen LogP contribution in [-0.4, -0.2) is 72.0 Å². The van der Waals surface area contributed by atoms with Crippen LogP contribution in [-0.2, 0) is 39.3 Å². The van der Waals surface area contributed by atoms with Gasteiger partial charge in [-0.1, -0.05) is 81.9 Å². The highest BCUT2D eigenvalue weighted by Crippen LogP contribution is 2.38. The molecule has 4 rings (SSSR count). The molecule has 64 heavy (non-hydrogen) atoms. The molecule has 1 saturated carbocycles. The SMILES string of the molecule is CCCC=CCNCc1ccc(CNCCCN)c(-c2cc(CNCCCN)c(-c3cc(CNCCCN)ccc3CNCC3(CN)CCCCC3)cc2CNCCCCCCN)c1. The number of rotatable bonds is 36. The predicted octanol–water partition coefficient (Wildman–Crippen LogP) is 6.39. The molecule has 11 nitrogen and oxygen atoms in total. The minimum Gasteiger partial charge on any atom is -0.330 e. The number of hydrogen-bond donors (Lipinski definition) is 11. The monoisotopic (exact) mass is 882 g/mol. The molecule has 11 heteroatoms. The second kappa shape index (κ2) is 32.6. The topological polar surface area (TPSA) is 202 Å². The van der Waals surface area contributed by atoms with E-state index in [1.54, 1.807) is 0 Å². The third-order valence-corrected chi connectivity index (χ3v) is 12.9. The first-order valence-electron chi connectivity index (χ1n) is 25.3. The molecule has 1 aliphatic rings. The van der Waals surface area contributed by atoms with E-state index in [1.165, 1.54) is 107 Å². The Kier molecular flexibility index (Phi) is 27.3. The average Bonchev–Trinajstić information content (AvgIpc) is 3.32. The Morgan fingerprint density at radius 3 is 1.47 bits per heavy atom. The summed E-state index contributed by atoms with van der Waals surface area (Å²) in [6.07, 6.45) is 20.5. The van der Waals surface area contributed by atoms with Crippen molar-refractivity contribution in [3.8, 4) is 22.3 Å². The molecule has 0 unspecified atom stereocenters. The fourth-order valence-electron chi connectivity index (χ4n) is 8.98. The Bertz CT molecular complexity index is 1720. The van der Waals surface area contributed by atoms with Crippen LogP contribution in [0.4, 0.5) is 0 Å². The Morgan fingerprint density at radius 1 is 0.469 bits per heavy atom. The molecule has 16 N–H and O–H groups in total. The number of allylic oxidation sites excluding steroid dienone is 1. The minimum atomic E-state index is 0.181. The number of nitrogens with two attached hydrogens (primary N) is 5. The summed E-state index contributed by atoms with van der Waals surface area (Å²) in [6.45, 7) is 15.9. The van der Waals surface area contributed by atoms with E-state index in [1.807, 2.05) is 0 Å². The smallest absolute Gasteiger partial charge is 0.0211 e. The third-order valence-electron chi connectivity index (χ3n) is 12.9. The normalized spacial score (nSPS) is 14.0. The van der Waals surface area contributed by atoms with Crippen LogP contribution in [0.25, 0.3) is 22.3 Å². The van der Waals surface area contributed by atoms with Gasteiger partial charge >= 0.3 is 0 Å². The molecular formula is C53H91N11. The molecular weight excluding hydrogens is 791 g/mol. The highest BCUT2D eigenvalue weighted by Gasteiger charge is 2.30. The van der Waals surface area contributed by atoms with Crippen LogP contribution in [0, 0.1) is 5.41 Å². The highest BCUT2D eigenvalue weighted by molar-refractivity contribution is 5.80. The van der Waals surface area contributed by atoms with E-state index in [0.29, 0.717) is 19.6 Å². The van der Waals surface area contributed by atoms with Gasteiger partial charge in [-0.15, -0.1) is 0 Å². The lowest BCUT2D eigenvalue weighted by Gasteiger charge is -2.36. The Balaban J connectivity index is 1.85. The average molecular weight is 882 g/mol. The summed E-state index contributed by atoms with van der Waals surface area (Å²) in [4.78, 5) is 0. The maximum Gasteiger partial charge on any atom is 0.0211 e. The zero-order valence-corrected chi connectivity index (χ0v) is 40.1. The summed E-state index contributed by atoms with van der Waals surface area (Å²) in [6, 6.07) is 19.2. The van der Waals surface area contributed by atoms with Gasteiger partial charge in [0.2, 0.25) is 0 Å². The highest BCUT2D eigenvalue weighted by atomic mass is 14.9. The van der Waals surface area contributed by atoms with Gasteiger partial charge in [-0.25, -0.2) is 0 Å². The summed E-state index contributed by atoms with van der Waals surface area (Å²) in [5.41, 5.74) is 43.2. The van der Waals surface area contributed by atoms with Crippen molar-refractivity contribution in [3.05, 3.63) is 94.1 Å². The van der Waals surface area contributed by atoms with Gasteiger partial charge in [0.05, 0.1) is 0 Å². The van der Waals surface area contributed by atoms with Gasteiger partial charge < -0.3 is 60.6 Å². The first-order chi connectivity index (χ1) is 31.5. The van der Waals surface area contributed by atoms with Crippen LogP contribution in [0.5, 0.6) is 0 Å². The predicted molar refractivity (Wildman–Crippen MR) is 275 cm³/mol. The molecule has 3 aromatic carbocycles. The molecule has 3 aromatic rings. The van der Waals surface area contributed by atoms with Gasteiger partial charge in [-0.3, -0.25) is 0 Å². The molecule has 1 fully saturated rings. The first kappa shape index (κ1) is 53.6. The number of nitrogens with one attached hydrogen (secondary N) is 6. The summed E-state index contributed by atoms with van der Waals surface area (Å²) in [5, 5.41) is 22.6. The van der Waals surface area contributed by atoms with Crippen LogP contribution >= 0.6 is 0 Å². The van der Waals surface area contributed by atoms with Crippen molar-refractivity contribution in [1.82, 2.24) is 31.9 Å². The van der Waals surface area contributed by atoms with Crippen molar-refractivity contribution >= 4 is 0 Å². The van der Waals surface area contributed by atoms with Crippen molar-refractivity contribution in [1.29, 1.82) is 0 Å². The second-order valence-corrected chi connectivity index (χ2v) is 18.2. The van der Waals surface area contributed by atoms with Crippen molar-refractivity contribution in [3.63, 3.8) is 0 Å². The minimum absolute atomic E-state index is 0.181. The van der Waals surface area contributed by atoms with Crippen molar-refractivity contribution in [2.45, 2.75) is 136 Å². The second-order valence-electron chi connectivity index (χ2n) is 18.2. The molecule has 0 radical (unpaired) electrons. The number of unbranched alkanes of at least 4 members (excludes halogenated alkanes) is 4. The lowest BCUT2D eigenvalue weighted by atomic mass is 9.74. The van der Waals surface area contributed by atoms with Crippen LogP contribution in [0.15, 0.2) is 60.7 Å². The van der Waals surface area contributed by atoms with Crippen molar-refractivity contribution in [2.24, 2.45) is 34.1 Å². The van der Waals surface area contributed by atoms with Gasteiger partial charge in [0.25, 0.3) is 0 Å². The third kappa shape index (κ3) is 19.1. The standard InChI is InChI=1S/C53H91N11/c1-2-3-4-11-26-59-35-43-16-18-45(37-62-29-14-24-56)49(31-43)51-34-48(40-63-30-15-25-57)52(33-47(51)39-61-27-12-6-5-10-22-54)50-32-44(36-60-28-13-23-55)17-19-46(50)38-64-42-53(41-58)20-8-7-9-21-53/h4,11,16-19,31-34,59-64H,2-3,5-10,12-15,20-30,35-42,54-58H2,1H3. The van der Waals surface area contributed by atoms with Crippen LogP contribution in [0.2, 0.25) is 0 Å². The Hall–Kier alpha value is -3.04. The molecule has 0 amide bonds. The molecule has 0 aromatic heterocycles. The molecule has 0 aliphatic heterocycles. The quantitative estimate of drug-likeness (QED) is 0.0228. The lowest BCUT2D eigenvalue weighted by Crippen LogP contribution is -2.41. The Morgan fingerprint density at radius 2 is 0.938 bits per heavy atom. The van der Waals surface area contributed by atoms with Crippen LogP contribution in [0.3, 0.4) is 0 Å². The number of benzene rings is 3. The molecule has 0 saturated heterocycles. The Labute approximate surface area is 389 Å². The van der Waals surface area contributed by atoms with E-state index in [2.05, 4.69) is 99.5 Å². The van der Waals surface area contributed by atoms with Gasteiger partial charge in [-0.05, 0) is 196 Å². The van der Waals surface area contributed by atoms with Gasteiger partial charge in [-0.2, -0.15) is 0 Å². The summed E-state index contributed by atoms with van der Waals surface area (Å²) in [5.74, 6) is 0. The van der Waals surface area contributed by atoms with Crippen LogP contribution in [0.1, 0.15) is 130 Å². The summed E-state index contributed by atoms with van der Waals surface area (Å²) in [7, 11) is 0. The number of hydrogen-bond acceptors (Lipinski definition) is 11. The molecule has 0 atom stereocenters. The van der Waals surface area contributed by atoms with Gasteiger partial charge in [0.15, 0.2) is 0 Å². The van der Waals surface area contributed by atoms with Gasteiger partial charge in [0, 0.05) is 52.4 Å². The van der Waals surface area contributed by atoms with Crippen LogP contribution < -0.4 is 60.6 Å². The van der Waals surface area contributed by atoms with Gasteiger partial charge in [0.1, 0.15) is 0 Å².